The Balaban J connectivity index is 1.17. The first kappa shape index (κ1) is 26.1. The van der Waals surface area contributed by atoms with Gasteiger partial charge in [0, 0.05) is 64.1 Å². The lowest BCUT2D eigenvalue weighted by molar-refractivity contribution is 1.30. The highest BCUT2D eigenvalue weighted by Gasteiger charge is 2.19. The zero-order valence-electron chi connectivity index (χ0n) is 24.2. The number of aromatic nitrogens is 1. The van der Waals surface area contributed by atoms with Gasteiger partial charge in [0.2, 0.25) is 0 Å². The number of pyridine rings is 1. The van der Waals surface area contributed by atoms with E-state index in [0.717, 1.165) is 11.4 Å². The molecule has 0 spiro atoms. The average Bonchev–Trinajstić information content (AvgIpc) is 3.68. The van der Waals surface area contributed by atoms with Crippen LogP contribution in [-0.4, -0.2) is 4.98 Å². The zero-order valence-corrected chi connectivity index (χ0v) is 25.9. The second-order valence-electron chi connectivity index (χ2n) is 11.2. The van der Waals surface area contributed by atoms with Crippen LogP contribution >= 0.6 is 22.7 Å². The molecular formula is C41H26N2S2. The molecule has 0 saturated heterocycles. The molecule has 45 heavy (non-hydrogen) atoms. The van der Waals surface area contributed by atoms with Gasteiger partial charge in [-0.2, -0.15) is 0 Å². The summed E-state index contributed by atoms with van der Waals surface area (Å²) < 4.78 is 5.16. The van der Waals surface area contributed by atoms with Crippen LogP contribution in [0.2, 0.25) is 0 Å². The highest BCUT2D eigenvalue weighted by Crippen LogP contribution is 2.45. The Morgan fingerprint density at radius 2 is 1.04 bits per heavy atom. The molecular weight excluding hydrogens is 585 g/mol. The number of benzene rings is 6. The summed E-state index contributed by atoms with van der Waals surface area (Å²) in [7, 11) is 0. The predicted octanol–water partition coefficient (Wildman–Crippen LogP) is 12.6. The fourth-order valence-corrected chi connectivity index (χ4v) is 8.65. The van der Waals surface area contributed by atoms with Crippen molar-refractivity contribution >= 4 is 80.1 Å². The van der Waals surface area contributed by atoms with Gasteiger partial charge >= 0.3 is 0 Å². The maximum atomic E-state index is 4.35. The molecule has 0 aliphatic rings. The van der Waals surface area contributed by atoms with Crippen molar-refractivity contribution in [3.05, 3.63) is 158 Å². The van der Waals surface area contributed by atoms with Gasteiger partial charge in [-0.1, -0.05) is 91.0 Å². The maximum Gasteiger partial charge on any atom is 0.0554 e. The Kier molecular flexibility index (Phi) is 6.22. The van der Waals surface area contributed by atoms with Gasteiger partial charge in [-0.15, -0.1) is 22.7 Å². The van der Waals surface area contributed by atoms with Crippen LogP contribution in [0.25, 0.3) is 62.6 Å². The van der Waals surface area contributed by atoms with Crippen LogP contribution in [0.15, 0.2) is 158 Å². The average molecular weight is 611 g/mol. The third-order valence-corrected chi connectivity index (χ3v) is 10.9. The first-order valence-electron chi connectivity index (χ1n) is 15.0. The van der Waals surface area contributed by atoms with Crippen LogP contribution in [0, 0.1) is 0 Å². The summed E-state index contributed by atoms with van der Waals surface area (Å²) in [6, 6.07) is 52.8. The van der Waals surface area contributed by atoms with E-state index in [-0.39, 0.29) is 0 Å². The number of rotatable bonds is 5. The molecule has 9 rings (SSSR count). The van der Waals surface area contributed by atoms with E-state index in [9.17, 15) is 0 Å². The van der Waals surface area contributed by atoms with E-state index < -0.39 is 0 Å². The normalized spacial score (nSPS) is 11.6. The Labute approximate surface area is 269 Å². The van der Waals surface area contributed by atoms with Crippen molar-refractivity contribution in [2.75, 3.05) is 4.90 Å². The quantitative estimate of drug-likeness (QED) is 0.193. The minimum Gasteiger partial charge on any atom is -0.310 e. The zero-order chi connectivity index (χ0) is 29.7. The van der Waals surface area contributed by atoms with Gasteiger partial charge in [0.25, 0.3) is 0 Å². The van der Waals surface area contributed by atoms with Crippen LogP contribution in [-0.2, 0) is 0 Å². The molecule has 4 heteroatoms. The molecule has 0 radical (unpaired) electrons. The Hall–Kier alpha value is -5.29. The number of thiophene rings is 2. The molecule has 0 unspecified atom stereocenters. The Morgan fingerprint density at radius 3 is 1.84 bits per heavy atom. The molecule has 9 aromatic rings. The molecule has 0 aliphatic heterocycles. The molecule has 3 aromatic heterocycles. The molecule has 0 amide bonds. The standard InChI is InChI=1S/C41H26N2S2/c1-2-7-27(8-3-1)28-13-18-31(19-14-28)43(36-10-6-12-39-41(36)34-9-4-5-11-37(34)44-39)32-20-15-29(16-21-32)30-17-22-33-35-26-42-24-23-38(35)45-40(33)25-30/h1-26H. The summed E-state index contributed by atoms with van der Waals surface area (Å²) >= 11 is 3.68. The van der Waals surface area contributed by atoms with E-state index in [2.05, 4.69) is 155 Å². The summed E-state index contributed by atoms with van der Waals surface area (Å²) in [5, 5.41) is 5.08. The van der Waals surface area contributed by atoms with E-state index in [1.165, 1.54) is 68.3 Å². The van der Waals surface area contributed by atoms with Crippen LogP contribution in [0.5, 0.6) is 0 Å². The Bertz CT molecular complexity index is 2470. The van der Waals surface area contributed by atoms with Crippen molar-refractivity contribution < 1.29 is 0 Å². The highest BCUT2D eigenvalue weighted by molar-refractivity contribution is 7.26. The molecule has 6 aromatic carbocycles. The first-order chi connectivity index (χ1) is 22.3. The van der Waals surface area contributed by atoms with Gasteiger partial charge in [-0.3, -0.25) is 4.98 Å². The van der Waals surface area contributed by atoms with Gasteiger partial charge in [-0.25, -0.2) is 0 Å². The number of hydrogen-bond acceptors (Lipinski definition) is 4. The summed E-state index contributed by atoms with van der Waals surface area (Å²) in [5.41, 5.74) is 8.30. The van der Waals surface area contributed by atoms with Gasteiger partial charge in [0.1, 0.15) is 0 Å². The molecule has 0 N–H and O–H groups in total. The monoisotopic (exact) mass is 610 g/mol. The third kappa shape index (κ3) is 4.50. The minimum absolute atomic E-state index is 1.13. The summed E-state index contributed by atoms with van der Waals surface area (Å²) in [6.07, 6.45) is 3.85. The van der Waals surface area contributed by atoms with Gasteiger partial charge in [-0.05, 0) is 76.9 Å². The first-order valence-corrected chi connectivity index (χ1v) is 16.7. The maximum absolute atomic E-state index is 4.35. The number of anilines is 3. The predicted molar refractivity (Wildman–Crippen MR) is 196 cm³/mol. The van der Waals surface area contributed by atoms with E-state index in [1.54, 1.807) is 0 Å². The second-order valence-corrected chi connectivity index (χ2v) is 13.4. The smallest absolute Gasteiger partial charge is 0.0554 e. The second kappa shape index (κ2) is 10.7. The third-order valence-electron chi connectivity index (χ3n) is 8.59. The van der Waals surface area contributed by atoms with E-state index >= 15 is 0 Å². The van der Waals surface area contributed by atoms with Crippen molar-refractivity contribution in [2.24, 2.45) is 0 Å². The topological polar surface area (TPSA) is 16.1 Å². The van der Waals surface area contributed by atoms with Gasteiger partial charge < -0.3 is 4.90 Å². The summed E-state index contributed by atoms with van der Waals surface area (Å²) in [4.78, 5) is 6.75. The largest absolute Gasteiger partial charge is 0.310 e. The lowest BCUT2D eigenvalue weighted by atomic mass is 10.0. The molecule has 2 nitrogen and oxygen atoms in total. The van der Waals surface area contributed by atoms with Crippen molar-refractivity contribution in [1.29, 1.82) is 0 Å². The van der Waals surface area contributed by atoms with E-state index in [0.29, 0.717) is 0 Å². The molecule has 3 heterocycles. The Morgan fingerprint density at radius 1 is 0.422 bits per heavy atom. The lowest BCUT2D eigenvalue weighted by Crippen LogP contribution is -2.10. The van der Waals surface area contributed by atoms with Crippen LogP contribution in [0.3, 0.4) is 0 Å². The van der Waals surface area contributed by atoms with E-state index in [4.69, 9.17) is 0 Å². The number of hydrogen-bond donors (Lipinski definition) is 0. The molecule has 0 fully saturated rings. The van der Waals surface area contributed by atoms with Gasteiger partial charge in [0.05, 0.1) is 5.69 Å². The fourth-order valence-electron chi connectivity index (χ4n) is 6.41. The molecule has 0 aliphatic carbocycles. The SMILES string of the molecule is c1ccc(-c2ccc(N(c3ccc(-c4ccc5c(c4)sc4ccncc45)cc3)c3cccc4sc5ccccc5c34)cc2)cc1. The van der Waals surface area contributed by atoms with Crippen molar-refractivity contribution in [1.82, 2.24) is 4.98 Å². The van der Waals surface area contributed by atoms with Crippen molar-refractivity contribution in [3.8, 4) is 22.3 Å². The minimum atomic E-state index is 1.13. The van der Waals surface area contributed by atoms with Crippen LogP contribution in [0.1, 0.15) is 0 Å². The molecule has 0 saturated carbocycles. The molecule has 0 bridgehead atoms. The van der Waals surface area contributed by atoms with Crippen molar-refractivity contribution in [3.63, 3.8) is 0 Å². The van der Waals surface area contributed by atoms with Crippen LogP contribution < -0.4 is 4.90 Å². The number of fused-ring (bicyclic) bond motifs is 6. The summed E-state index contributed by atoms with van der Waals surface area (Å²) in [5.74, 6) is 0. The lowest BCUT2D eigenvalue weighted by Gasteiger charge is -2.27. The van der Waals surface area contributed by atoms with Gasteiger partial charge in [0.15, 0.2) is 0 Å². The van der Waals surface area contributed by atoms with Crippen LogP contribution in [0.4, 0.5) is 17.1 Å². The number of nitrogens with zero attached hydrogens (tertiary/aromatic N) is 2. The molecule has 0 atom stereocenters. The van der Waals surface area contributed by atoms with Crippen molar-refractivity contribution in [2.45, 2.75) is 0 Å². The highest BCUT2D eigenvalue weighted by atomic mass is 32.1. The fraction of sp³-hybridized carbons (Fsp3) is 0. The van der Waals surface area contributed by atoms with E-state index in [1.807, 2.05) is 35.1 Å². The molecule has 212 valence electrons. The summed E-state index contributed by atoms with van der Waals surface area (Å²) in [6.45, 7) is 0.